The Morgan fingerprint density at radius 2 is 1.82 bits per heavy atom. The minimum absolute atomic E-state index is 0.403. The van der Waals surface area contributed by atoms with Crippen LogP contribution in [0.15, 0.2) is 0 Å². The van der Waals surface area contributed by atoms with E-state index in [1.54, 1.807) is 0 Å². The molecule has 0 amide bonds. The molecule has 2 nitrogen and oxygen atoms in total. The van der Waals surface area contributed by atoms with Gasteiger partial charge in [-0.2, -0.15) is 0 Å². The maximum atomic E-state index is 3.79. The summed E-state index contributed by atoms with van der Waals surface area (Å²) in [5.41, 5.74) is 0.403. The molecule has 1 atom stereocenters. The molecule has 1 saturated heterocycles. The molecule has 1 heterocycles. The van der Waals surface area contributed by atoms with Crippen molar-refractivity contribution in [3.63, 3.8) is 0 Å². The summed E-state index contributed by atoms with van der Waals surface area (Å²) >= 11 is 0. The molecule has 1 unspecified atom stereocenters. The molecule has 0 aliphatic carbocycles. The SMILES string of the molecule is CCC(CC)(CC)NCCCC1CCCCN1. The highest BCUT2D eigenvalue weighted by atomic mass is 15.0. The third-order valence-corrected chi connectivity index (χ3v) is 4.67. The first kappa shape index (κ1) is 15.0. The first-order valence-corrected chi connectivity index (χ1v) is 7.74. The van der Waals surface area contributed by atoms with Gasteiger partial charge >= 0.3 is 0 Å². The molecule has 0 radical (unpaired) electrons. The fourth-order valence-electron chi connectivity index (χ4n) is 3.00. The summed E-state index contributed by atoms with van der Waals surface area (Å²) in [5.74, 6) is 0. The standard InChI is InChI=1S/C15H32N2/c1-4-15(5-2,6-3)17-13-9-11-14-10-7-8-12-16-14/h14,16-17H,4-13H2,1-3H3. The largest absolute Gasteiger partial charge is 0.314 e. The van der Waals surface area contributed by atoms with Crippen LogP contribution in [0.25, 0.3) is 0 Å². The van der Waals surface area contributed by atoms with Crippen molar-refractivity contribution in [2.24, 2.45) is 0 Å². The predicted octanol–water partition coefficient (Wildman–Crippen LogP) is 3.47. The number of rotatable bonds is 8. The van der Waals surface area contributed by atoms with Gasteiger partial charge in [-0.05, 0) is 58.0 Å². The van der Waals surface area contributed by atoms with Crippen LogP contribution in [-0.2, 0) is 0 Å². The summed E-state index contributed by atoms with van der Waals surface area (Å²) in [6, 6.07) is 0.796. The van der Waals surface area contributed by atoms with Gasteiger partial charge in [0.15, 0.2) is 0 Å². The molecule has 2 heteroatoms. The van der Waals surface area contributed by atoms with Crippen molar-refractivity contribution >= 4 is 0 Å². The van der Waals surface area contributed by atoms with Gasteiger partial charge in [0, 0.05) is 11.6 Å². The molecule has 1 aliphatic heterocycles. The monoisotopic (exact) mass is 240 g/mol. The zero-order chi connectivity index (χ0) is 12.6. The fourth-order valence-corrected chi connectivity index (χ4v) is 3.00. The van der Waals surface area contributed by atoms with Crippen LogP contribution in [0.1, 0.15) is 72.1 Å². The molecule has 1 fully saturated rings. The molecule has 1 aliphatic rings. The van der Waals surface area contributed by atoms with Gasteiger partial charge in [-0.1, -0.05) is 27.2 Å². The highest BCUT2D eigenvalue weighted by molar-refractivity contribution is 4.84. The Labute approximate surface area is 108 Å². The molecule has 1 rings (SSSR count). The Morgan fingerprint density at radius 1 is 1.12 bits per heavy atom. The normalized spacial score (nSPS) is 21.7. The highest BCUT2D eigenvalue weighted by Gasteiger charge is 2.22. The zero-order valence-electron chi connectivity index (χ0n) is 12.1. The van der Waals surface area contributed by atoms with Crippen molar-refractivity contribution in [1.82, 2.24) is 10.6 Å². The van der Waals surface area contributed by atoms with Gasteiger partial charge in [0.2, 0.25) is 0 Å². The van der Waals surface area contributed by atoms with Crippen LogP contribution < -0.4 is 10.6 Å². The average Bonchev–Trinajstić information content (AvgIpc) is 2.41. The molecule has 0 aromatic heterocycles. The maximum Gasteiger partial charge on any atom is 0.0173 e. The highest BCUT2D eigenvalue weighted by Crippen LogP contribution is 2.19. The van der Waals surface area contributed by atoms with E-state index in [0.717, 1.165) is 6.04 Å². The third-order valence-electron chi connectivity index (χ3n) is 4.67. The van der Waals surface area contributed by atoms with Gasteiger partial charge in [-0.3, -0.25) is 0 Å². The lowest BCUT2D eigenvalue weighted by Crippen LogP contribution is -2.44. The molecule has 102 valence electrons. The van der Waals surface area contributed by atoms with Crippen LogP contribution in [0, 0.1) is 0 Å². The summed E-state index contributed by atoms with van der Waals surface area (Å²) < 4.78 is 0. The van der Waals surface area contributed by atoms with E-state index < -0.39 is 0 Å². The lowest BCUT2D eigenvalue weighted by molar-refractivity contribution is 0.282. The molecule has 2 N–H and O–H groups in total. The molecule has 0 aromatic rings. The van der Waals surface area contributed by atoms with Gasteiger partial charge < -0.3 is 10.6 Å². The summed E-state index contributed by atoms with van der Waals surface area (Å²) in [4.78, 5) is 0. The third kappa shape index (κ3) is 4.97. The summed E-state index contributed by atoms with van der Waals surface area (Å²) in [6.45, 7) is 9.35. The van der Waals surface area contributed by atoms with Crippen LogP contribution in [0.2, 0.25) is 0 Å². The van der Waals surface area contributed by atoms with Crippen molar-refractivity contribution < 1.29 is 0 Å². The number of hydrogen-bond acceptors (Lipinski definition) is 2. The van der Waals surface area contributed by atoms with Crippen LogP contribution in [0.5, 0.6) is 0 Å². The van der Waals surface area contributed by atoms with Gasteiger partial charge in [-0.15, -0.1) is 0 Å². The van der Waals surface area contributed by atoms with Gasteiger partial charge in [0.1, 0.15) is 0 Å². The Balaban J connectivity index is 2.13. The second-order valence-electron chi connectivity index (χ2n) is 5.56. The minimum atomic E-state index is 0.403. The van der Waals surface area contributed by atoms with E-state index in [9.17, 15) is 0 Å². The van der Waals surface area contributed by atoms with Crippen molar-refractivity contribution in [3.05, 3.63) is 0 Å². The molecule has 0 spiro atoms. The average molecular weight is 240 g/mol. The maximum absolute atomic E-state index is 3.79. The lowest BCUT2D eigenvalue weighted by atomic mass is 9.89. The quantitative estimate of drug-likeness (QED) is 0.635. The van der Waals surface area contributed by atoms with Crippen molar-refractivity contribution in [2.45, 2.75) is 83.7 Å². The first-order valence-electron chi connectivity index (χ1n) is 7.74. The number of piperidine rings is 1. The molecular weight excluding hydrogens is 208 g/mol. The first-order chi connectivity index (χ1) is 8.26. The molecule has 0 saturated carbocycles. The predicted molar refractivity (Wildman–Crippen MR) is 76.5 cm³/mol. The minimum Gasteiger partial charge on any atom is -0.314 e. The second-order valence-corrected chi connectivity index (χ2v) is 5.56. The second kappa shape index (κ2) is 8.10. The fraction of sp³-hybridized carbons (Fsp3) is 1.00. The molecule has 17 heavy (non-hydrogen) atoms. The topological polar surface area (TPSA) is 24.1 Å². The van der Waals surface area contributed by atoms with Gasteiger partial charge in [0.25, 0.3) is 0 Å². The van der Waals surface area contributed by atoms with E-state index in [0.29, 0.717) is 5.54 Å². The van der Waals surface area contributed by atoms with Gasteiger partial charge in [-0.25, -0.2) is 0 Å². The molecular formula is C15H32N2. The Hall–Kier alpha value is -0.0800. The van der Waals surface area contributed by atoms with E-state index in [2.05, 4.69) is 31.4 Å². The van der Waals surface area contributed by atoms with Crippen LogP contribution in [0.4, 0.5) is 0 Å². The van der Waals surface area contributed by atoms with Crippen LogP contribution in [0.3, 0.4) is 0 Å². The van der Waals surface area contributed by atoms with E-state index >= 15 is 0 Å². The number of nitrogens with one attached hydrogen (secondary N) is 2. The van der Waals surface area contributed by atoms with E-state index in [1.165, 1.54) is 64.5 Å². The van der Waals surface area contributed by atoms with Gasteiger partial charge in [0.05, 0.1) is 0 Å². The van der Waals surface area contributed by atoms with Crippen molar-refractivity contribution in [2.75, 3.05) is 13.1 Å². The Kier molecular flexibility index (Phi) is 7.14. The summed E-state index contributed by atoms with van der Waals surface area (Å²) in [5, 5.41) is 7.42. The summed E-state index contributed by atoms with van der Waals surface area (Å²) in [7, 11) is 0. The lowest BCUT2D eigenvalue weighted by Gasteiger charge is -2.32. The Morgan fingerprint density at radius 3 is 2.35 bits per heavy atom. The van der Waals surface area contributed by atoms with E-state index in [-0.39, 0.29) is 0 Å². The van der Waals surface area contributed by atoms with E-state index in [1.807, 2.05) is 0 Å². The molecule has 0 aromatic carbocycles. The van der Waals surface area contributed by atoms with E-state index in [4.69, 9.17) is 0 Å². The van der Waals surface area contributed by atoms with Crippen molar-refractivity contribution in [3.8, 4) is 0 Å². The number of hydrogen-bond donors (Lipinski definition) is 2. The zero-order valence-corrected chi connectivity index (χ0v) is 12.1. The van der Waals surface area contributed by atoms with Crippen molar-refractivity contribution in [1.29, 1.82) is 0 Å². The smallest absolute Gasteiger partial charge is 0.0173 e. The summed E-state index contributed by atoms with van der Waals surface area (Å²) in [6.07, 6.45) is 10.6. The molecule has 0 bridgehead atoms. The Bertz CT molecular complexity index is 173. The van der Waals surface area contributed by atoms with Crippen LogP contribution >= 0.6 is 0 Å². The van der Waals surface area contributed by atoms with Crippen LogP contribution in [-0.4, -0.2) is 24.7 Å².